The molecule has 3 aromatic heterocycles. The van der Waals surface area contributed by atoms with Gasteiger partial charge in [0.25, 0.3) is 5.82 Å². The molecule has 1 saturated heterocycles. The lowest BCUT2D eigenvalue weighted by Gasteiger charge is -2.35. The topological polar surface area (TPSA) is 61.7 Å². The maximum absolute atomic E-state index is 9.98. The number of fused-ring (bicyclic) bond motifs is 3. The van der Waals surface area contributed by atoms with E-state index in [-0.39, 0.29) is 0 Å². The predicted octanol–water partition coefficient (Wildman–Crippen LogP) is 3.93. The Morgan fingerprint density at radius 1 is 1.00 bits per heavy atom. The normalized spacial score (nSPS) is 14.5. The number of nitrogens with zero attached hydrogens (tertiary/aromatic N) is 5. The van der Waals surface area contributed by atoms with Crippen molar-refractivity contribution < 1.29 is 4.98 Å². The lowest BCUT2D eigenvalue weighted by Crippen LogP contribution is -2.49. The molecule has 31 heavy (non-hydrogen) atoms. The molecule has 0 bridgehead atoms. The quantitative estimate of drug-likeness (QED) is 0.512. The van der Waals surface area contributed by atoms with Crippen LogP contribution in [0.2, 0.25) is 0 Å². The van der Waals surface area contributed by atoms with Crippen molar-refractivity contribution in [2.24, 2.45) is 0 Å². The molecule has 0 radical (unpaired) electrons. The number of aromatic amines is 1. The fourth-order valence-corrected chi connectivity index (χ4v) is 4.88. The molecule has 4 aromatic rings. The van der Waals surface area contributed by atoms with Crippen LogP contribution in [0.1, 0.15) is 36.5 Å². The fraction of sp³-hybridized carbons (Fsp3) is 0.320. The molecule has 156 valence electrons. The predicted molar refractivity (Wildman–Crippen MR) is 124 cm³/mol. The van der Waals surface area contributed by atoms with Crippen molar-refractivity contribution in [3.05, 3.63) is 65.4 Å². The number of imidazole rings is 1. The average Bonchev–Trinajstić information content (AvgIpc) is 3.18. The van der Waals surface area contributed by atoms with Crippen LogP contribution in [0.5, 0.6) is 0 Å². The molecule has 1 N–H and O–H groups in total. The monoisotopic (exact) mass is 411 g/mol. The van der Waals surface area contributed by atoms with E-state index in [0.29, 0.717) is 11.5 Å². The first-order valence-corrected chi connectivity index (χ1v) is 10.9. The van der Waals surface area contributed by atoms with Gasteiger partial charge in [0, 0.05) is 11.6 Å². The Morgan fingerprint density at radius 3 is 2.39 bits per heavy atom. The SMILES string of the molecule is Cc1c(C(C)C)c(N2CCN(c3cccc[nH+]3)CC2)n2c(nc3ccccc32)c1C#N. The minimum Gasteiger partial charge on any atom is -0.350 e. The lowest BCUT2D eigenvalue weighted by molar-refractivity contribution is -0.364. The van der Waals surface area contributed by atoms with Crippen molar-refractivity contribution in [3.8, 4) is 6.07 Å². The summed E-state index contributed by atoms with van der Waals surface area (Å²) in [6.45, 7) is 10.2. The van der Waals surface area contributed by atoms with Crippen LogP contribution in [0.15, 0.2) is 48.7 Å². The molecule has 0 spiro atoms. The first kappa shape index (κ1) is 19.4. The number of piperazine rings is 1. The summed E-state index contributed by atoms with van der Waals surface area (Å²) < 4.78 is 2.22. The van der Waals surface area contributed by atoms with E-state index in [2.05, 4.69) is 64.2 Å². The second-order valence-electron chi connectivity index (χ2n) is 8.49. The molecule has 1 aliphatic heterocycles. The van der Waals surface area contributed by atoms with Crippen LogP contribution >= 0.6 is 0 Å². The Balaban J connectivity index is 1.68. The first-order chi connectivity index (χ1) is 15.1. The van der Waals surface area contributed by atoms with Gasteiger partial charge in [0.05, 0.1) is 35.9 Å². The number of aromatic nitrogens is 3. The average molecular weight is 412 g/mol. The Morgan fingerprint density at radius 2 is 1.71 bits per heavy atom. The van der Waals surface area contributed by atoms with Crippen molar-refractivity contribution in [1.82, 2.24) is 9.38 Å². The number of nitrogens with one attached hydrogen (secondary N) is 1. The smallest absolute Gasteiger partial charge is 0.274 e. The van der Waals surface area contributed by atoms with E-state index in [9.17, 15) is 5.26 Å². The number of hydrogen-bond acceptors (Lipinski definition) is 4. The number of H-pyrrole nitrogens is 1. The minimum absolute atomic E-state index is 0.299. The van der Waals surface area contributed by atoms with Gasteiger partial charge in [0.15, 0.2) is 5.65 Å². The Hall–Kier alpha value is -3.59. The first-order valence-electron chi connectivity index (χ1n) is 10.9. The van der Waals surface area contributed by atoms with Crippen molar-refractivity contribution in [2.45, 2.75) is 26.7 Å². The van der Waals surface area contributed by atoms with Crippen LogP contribution in [-0.4, -0.2) is 35.6 Å². The maximum atomic E-state index is 9.98. The zero-order valence-corrected chi connectivity index (χ0v) is 18.3. The molecule has 0 aliphatic carbocycles. The Bertz CT molecular complexity index is 1290. The van der Waals surface area contributed by atoms with Gasteiger partial charge in [-0.2, -0.15) is 5.26 Å². The van der Waals surface area contributed by atoms with Crippen LogP contribution in [0.25, 0.3) is 16.7 Å². The van der Waals surface area contributed by atoms with Gasteiger partial charge in [0.1, 0.15) is 25.0 Å². The van der Waals surface area contributed by atoms with E-state index in [1.807, 2.05) is 30.5 Å². The van der Waals surface area contributed by atoms with Crippen molar-refractivity contribution >= 4 is 28.3 Å². The highest BCUT2D eigenvalue weighted by molar-refractivity contribution is 5.86. The summed E-state index contributed by atoms with van der Waals surface area (Å²) >= 11 is 0. The van der Waals surface area contributed by atoms with E-state index in [1.54, 1.807) is 0 Å². The van der Waals surface area contributed by atoms with E-state index >= 15 is 0 Å². The van der Waals surface area contributed by atoms with Gasteiger partial charge in [-0.25, -0.2) is 9.97 Å². The van der Waals surface area contributed by atoms with Crippen LogP contribution in [-0.2, 0) is 0 Å². The molecule has 0 amide bonds. The van der Waals surface area contributed by atoms with Crippen molar-refractivity contribution in [3.63, 3.8) is 0 Å². The molecule has 0 atom stereocenters. The van der Waals surface area contributed by atoms with Gasteiger partial charge in [0.2, 0.25) is 0 Å². The highest BCUT2D eigenvalue weighted by atomic mass is 15.3. The summed E-state index contributed by atoms with van der Waals surface area (Å²) in [5.41, 5.74) is 5.73. The number of hydrogen-bond donors (Lipinski definition) is 0. The van der Waals surface area contributed by atoms with E-state index in [0.717, 1.165) is 54.2 Å². The van der Waals surface area contributed by atoms with E-state index in [1.165, 1.54) is 11.4 Å². The zero-order chi connectivity index (χ0) is 21.5. The third-order valence-electron chi connectivity index (χ3n) is 6.32. The van der Waals surface area contributed by atoms with Crippen LogP contribution in [0.3, 0.4) is 0 Å². The third-order valence-corrected chi connectivity index (χ3v) is 6.32. The summed E-state index contributed by atoms with van der Waals surface area (Å²) in [6, 6.07) is 16.8. The molecule has 0 unspecified atom stereocenters. The standard InChI is InChI=1S/C25H26N6/c1-17(2)23-18(3)19(16-26)24-28-20-8-4-5-9-21(20)31(24)25(23)30-14-12-29(13-15-30)22-10-6-7-11-27-22/h4-11,17H,12-15H2,1-3H3/p+1. The molecule has 5 rings (SSSR count). The van der Waals surface area contributed by atoms with Gasteiger partial charge in [-0.05, 0) is 36.6 Å². The van der Waals surface area contributed by atoms with Gasteiger partial charge in [-0.1, -0.05) is 32.0 Å². The summed E-state index contributed by atoms with van der Waals surface area (Å²) in [5, 5.41) is 9.98. The minimum atomic E-state index is 0.299. The largest absolute Gasteiger partial charge is 0.350 e. The van der Waals surface area contributed by atoms with E-state index in [4.69, 9.17) is 4.98 Å². The fourth-order valence-electron chi connectivity index (χ4n) is 4.88. The maximum Gasteiger partial charge on any atom is 0.274 e. The summed E-state index contributed by atoms with van der Waals surface area (Å²) in [7, 11) is 0. The highest BCUT2D eigenvalue weighted by Crippen LogP contribution is 2.37. The molecule has 6 nitrogen and oxygen atoms in total. The molecule has 1 fully saturated rings. The number of nitriles is 1. The zero-order valence-electron chi connectivity index (χ0n) is 18.3. The number of rotatable bonds is 3. The Labute approximate surface area is 182 Å². The van der Waals surface area contributed by atoms with Gasteiger partial charge < -0.3 is 4.90 Å². The molecule has 6 heteroatoms. The molecule has 0 saturated carbocycles. The number of para-hydroxylation sites is 2. The summed E-state index contributed by atoms with van der Waals surface area (Å²) in [5.74, 6) is 2.64. The van der Waals surface area contributed by atoms with Crippen LogP contribution < -0.4 is 14.8 Å². The number of anilines is 2. The van der Waals surface area contributed by atoms with Crippen LogP contribution in [0, 0.1) is 18.3 Å². The molecule has 1 aliphatic rings. The number of pyridine rings is 2. The Kier molecular flexibility index (Phi) is 4.74. The van der Waals surface area contributed by atoms with Crippen molar-refractivity contribution in [1.29, 1.82) is 5.26 Å². The second kappa shape index (κ2) is 7.59. The van der Waals surface area contributed by atoms with Gasteiger partial charge >= 0.3 is 0 Å². The molecule has 4 heterocycles. The molecule has 1 aromatic carbocycles. The van der Waals surface area contributed by atoms with Crippen LogP contribution in [0.4, 0.5) is 11.6 Å². The third kappa shape index (κ3) is 3.09. The van der Waals surface area contributed by atoms with Gasteiger partial charge in [-0.15, -0.1) is 0 Å². The molecular weight excluding hydrogens is 384 g/mol. The summed E-state index contributed by atoms with van der Waals surface area (Å²) in [6.07, 6.45) is 1.98. The summed E-state index contributed by atoms with van der Waals surface area (Å²) in [4.78, 5) is 13.1. The number of benzene rings is 1. The van der Waals surface area contributed by atoms with E-state index < -0.39 is 0 Å². The second-order valence-corrected chi connectivity index (χ2v) is 8.49. The lowest BCUT2D eigenvalue weighted by atomic mass is 9.94. The van der Waals surface area contributed by atoms with Crippen molar-refractivity contribution in [2.75, 3.05) is 36.0 Å². The highest BCUT2D eigenvalue weighted by Gasteiger charge is 2.30. The van der Waals surface area contributed by atoms with Gasteiger partial charge in [-0.3, -0.25) is 9.30 Å². The molecular formula is C25H27N6+.